The Bertz CT molecular complexity index is 2130. The van der Waals surface area contributed by atoms with Crippen LogP contribution in [0.15, 0.2) is 128 Å². The van der Waals surface area contributed by atoms with Crippen LogP contribution in [0, 0.1) is 5.82 Å². The van der Waals surface area contributed by atoms with Gasteiger partial charge in [0.1, 0.15) is 12.1 Å². The van der Waals surface area contributed by atoms with Gasteiger partial charge in [-0.15, -0.1) is 0 Å². The SMILES string of the molecule is C.C=C/C=C(\C=C)c1c[nH]c2ccnc(Nc3ccc(Oc4ncnc5cc(OC)c(OC)cc45)c(F)c3)c2c1=O.C=C/C=C\C=C(C)C.CC. The molecule has 2 N–H and O–H groups in total. The molecule has 0 spiro atoms. The van der Waals surface area contributed by atoms with Gasteiger partial charge in [0.2, 0.25) is 11.3 Å². The average Bonchev–Trinajstić information content (AvgIpc) is 3.12. The zero-order valence-electron chi connectivity index (χ0n) is 29.2. The predicted octanol–water partition coefficient (Wildman–Crippen LogP) is 10.7. The molecular weight excluding hydrogens is 645 g/mol. The third kappa shape index (κ3) is 10.4. The maximum atomic E-state index is 15.2. The largest absolute Gasteiger partial charge is 0.493 e. The fourth-order valence-corrected chi connectivity index (χ4v) is 4.54. The molecule has 0 bridgehead atoms. The highest BCUT2D eigenvalue weighted by Gasteiger charge is 2.16. The summed E-state index contributed by atoms with van der Waals surface area (Å²) in [5.74, 6) is 0.637. The predicted molar refractivity (Wildman–Crippen MR) is 210 cm³/mol. The van der Waals surface area contributed by atoms with Gasteiger partial charge in [-0.2, -0.15) is 0 Å². The summed E-state index contributed by atoms with van der Waals surface area (Å²) in [6.07, 6.45) is 17.0. The van der Waals surface area contributed by atoms with Crippen LogP contribution in [0.4, 0.5) is 15.9 Å². The first-order valence-corrected chi connectivity index (χ1v) is 15.7. The molecule has 10 heteroatoms. The van der Waals surface area contributed by atoms with E-state index in [9.17, 15) is 4.79 Å². The lowest BCUT2D eigenvalue weighted by atomic mass is 10.0. The second-order valence-corrected chi connectivity index (χ2v) is 10.3. The van der Waals surface area contributed by atoms with Crippen molar-refractivity contribution in [2.45, 2.75) is 35.1 Å². The van der Waals surface area contributed by atoms with Crippen LogP contribution in [0.2, 0.25) is 0 Å². The van der Waals surface area contributed by atoms with E-state index >= 15 is 4.39 Å². The smallest absolute Gasteiger partial charge is 0.230 e. The van der Waals surface area contributed by atoms with E-state index in [2.05, 4.69) is 58.8 Å². The van der Waals surface area contributed by atoms with Crippen molar-refractivity contribution < 1.29 is 18.6 Å². The molecule has 2 aromatic carbocycles. The lowest BCUT2D eigenvalue weighted by Crippen LogP contribution is -2.12. The number of pyridine rings is 2. The summed E-state index contributed by atoms with van der Waals surface area (Å²) in [5.41, 5.74) is 3.52. The number of fused-ring (bicyclic) bond motifs is 2. The normalized spacial score (nSPS) is 10.5. The van der Waals surface area contributed by atoms with Gasteiger partial charge in [-0.05, 0) is 43.7 Å². The van der Waals surface area contributed by atoms with Crippen molar-refractivity contribution in [3.63, 3.8) is 0 Å². The van der Waals surface area contributed by atoms with E-state index in [0.29, 0.717) is 50.1 Å². The molecule has 0 saturated heterocycles. The fraction of sp³-hybridized carbons (Fsp3) is 0.171. The summed E-state index contributed by atoms with van der Waals surface area (Å²) in [6.45, 7) is 19.1. The Morgan fingerprint density at radius 3 is 2.25 bits per heavy atom. The van der Waals surface area contributed by atoms with Crippen LogP contribution in [0.5, 0.6) is 23.1 Å². The van der Waals surface area contributed by atoms with E-state index in [0.717, 1.165) is 0 Å². The lowest BCUT2D eigenvalue weighted by Gasteiger charge is -2.13. The van der Waals surface area contributed by atoms with E-state index < -0.39 is 5.82 Å². The third-order valence-corrected chi connectivity index (χ3v) is 6.81. The van der Waals surface area contributed by atoms with E-state index in [1.165, 1.54) is 38.3 Å². The maximum absolute atomic E-state index is 15.2. The first-order valence-electron chi connectivity index (χ1n) is 15.7. The average molecular weight is 692 g/mol. The van der Waals surface area contributed by atoms with E-state index in [1.54, 1.807) is 61.0 Å². The number of nitrogens with zero attached hydrogens (tertiary/aromatic N) is 3. The number of allylic oxidation sites excluding steroid dienone is 9. The molecular formula is C41H46FN5O4. The summed E-state index contributed by atoms with van der Waals surface area (Å²) >= 11 is 0. The molecule has 0 fully saturated rings. The molecule has 0 atom stereocenters. The number of ether oxygens (including phenoxy) is 3. The molecule has 51 heavy (non-hydrogen) atoms. The highest BCUT2D eigenvalue weighted by molar-refractivity contribution is 5.93. The zero-order valence-corrected chi connectivity index (χ0v) is 29.2. The number of aromatic nitrogens is 4. The minimum Gasteiger partial charge on any atom is -0.493 e. The van der Waals surface area contributed by atoms with Gasteiger partial charge >= 0.3 is 0 Å². The number of halogens is 1. The number of hydrogen-bond donors (Lipinski definition) is 2. The summed E-state index contributed by atoms with van der Waals surface area (Å²) in [6, 6.07) is 9.34. The Labute approximate surface area is 299 Å². The van der Waals surface area contributed by atoms with Gasteiger partial charge in [0.15, 0.2) is 23.1 Å². The topological polar surface area (TPSA) is 111 Å². The molecule has 0 unspecified atom stereocenters. The highest BCUT2D eigenvalue weighted by Crippen LogP contribution is 2.36. The third-order valence-electron chi connectivity index (χ3n) is 6.81. The summed E-state index contributed by atoms with van der Waals surface area (Å²) in [7, 11) is 3.03. The molecule has 5 aromatic rings. The molecule has 0 aliphatic carbocycles. The van der Waals surface area contributed by atoms with Crippen molar-refractivity contribution in [3.8, 4) is 23.1 Å². The van der Waals surface area contributed by atoms with Gasteiger partial charge in [0, 0.05) is 35.8 Å². The van der Waals surface area contributed by atoms with Crippen LogP contribution in [-0.2, 0) is 0 Å². The Morgan fingerprint density at radius 2 is 1.63 bits per heavy atom. The summed E-state index contributed by atoms with van der Waals surface area (Å²) in [4.78, 5) is 29.2. The van der Waals surface area contributed by atoms with Crippen LogP contribution in [0.25, 0.3) is 27.4 Å². The Kier molecular flexibility index (Phi) is 16.3. The first-order chi connectivity index (χ1) is 24.2. The number of nitrogens with one attached hydrogen (secondary N) is 2. The quantitative estimate of drug-likeness (QED) is 0.132. The van der Waals surface area contributed by atoms with E-state index in [-0.39, 0.29) is 30.3 Å². The molecule has 3 aromatic heterocycles. The number of methoxy groups -OCH3 is 2. The van der Waals surface area contributed by atoms with Crippen molar-refractivity contribution in [3.05, 3.63) is 145 Å². The minimum absolute atomic E-state index is 0. The number of benzene rings is 2. The van der Waals surface area contributed by atoms with Crippen LogP contribution in [-0.4, -0.2) is 34.2 Å². The number of aromatic amines is 1. The Hall–Kier alpha value is -6.29. The molecule has 266 valence electrons. The molecule has 0 amide bonds. The number of anilines is 2. The van der Waals surface area contributed by atoms with Crippen LogP contribution >= 0.6 is 0 Å². The van der Waals surface area contributed by atoms with Gasteiger partial charge in [0.05, 0.1) is 36.0 Å². The van der Waals surface area contributed by atoms with Crippen molar-refractivity contribution >= 4 is 38.9 Å². The summed E-state index contributed by atoms with van der Waals surface area (Å²) in [5, 5.41) is 3.87. The van der Waals surface area contributed by atoms with E-state index in [1.807, 2.05) is 32.1 Å². The molecule has 0 saturated carbocycles. The number of hydrogen-bond acceptors (Lipinski definition) is 8. The Morgan fingerprint density at radius 1 is 0.902 bits per heavy atom. The number of H-pyrrole nitrogens is 1. The van der Waals surface area contributed by atoms with Crippen molar-refractivity contribution in [2.75, 3.05) is 19.5 Å². The molecule has 0 radical (unpaired) electrons. The maximum Gasteiger partial charge on any atom is 0.230 e. The second kappa shape index (κ2) is 20.3. The Balaban J connectivity index is 0.000000725. The van der Waals surface area contributed by atoms with Gasteiger partial charge in [-0.25, -0.2) is 19.3 Å². The fourth-order valence-electron chi connectivity index (χ4n) is 4.54. The van der Waals surface area contributed by atoms with Crippen LogP contribution in [0.3, 0.4) is 0 Å². The van der Waals surface area contributed by atoms with Crippen LogP contribution in [0.1, 0.15) is 40.7 Å². The number of rotatable bonds is 11. The minimum atomic E-state index is -0.657. The molecule has 5 rings (SSSR count). The first kappa shape index (κ1) is 40.9. The van der Waals surface area contributed by atoms with Crippen LogP contribution < -0.4 is 25.0 Å². The van der Waals surface area contributed by atoms with Crippen molar-refractivity contribution in [1.82, 2.24) is 19.9 Å². The second-order valence-electron chi connectivity index (χ2n) is 10.3. The van der Waals surface area contributed by atoms with Gasteiger partial charge in [-0.3, -0.25) is 4.79 Å². The molecule has 0 aliphatic heterocycles. The molecule has 0 aliphatic rings. The molecule has 3 heterocycles. The van der Waals surface area contributed by atoms with E-state index in [4.69, 9.17) is 14.2 Å². The zero-order chi connectivity index (χ0) is 36.6. The van der Waals surface area contributed by atoms with Gasteiger partial charge in [0.25, 0.3) is 0 Å². The van der Waals surface area contributed by atoms with Gasteiger partial charge < -0.3 is 24.5 Å². The monoisotopic (exact) mass is 691 g/mol. The highest BCUT2D eigenvalue weighted by atomic mass is 19.1. The molecule has 9 nitrogen and oxygen atoms in total. The van der Waals surface area contributed by atoms with Crippen molar-refractivity contribution in [1.29, 1.82) is 0 Å². The summed E-state index contributed by atoms with van der Waals surface area (Å²) < 4.78 is 31.7. The van der Waals surface area contributed by atoms with Crippen molar-refractivity contribution in [2.24, 2.45) is 0 Å². The standard InChI is InChI=1S/C30H24FN5O4.C8H12.C2H6.CH4/c1-5-7-17(6-2)20-15-33-22-10-11-32-29(27(22)28(20)37)36-18-8-9-24(21(31)12-18)40-30-19-13-25(38-3)26(39-4)14-23(19)34-16-35-30;1-4-5-6-7-8(2)3;1-2;/h5-16H,1-2H2,3-4H3,(H,32,36)(H,33,37);4-7H,1H2,2-3H3;1-2H3;1H4/b17-7+;6-5-;;. The van der Waals surface area contributed by atoms with Gasteiger partial charge in [-0.1, -0.05) is 89.1 Å². The lowest BCUT2D eigenvalue weighted by molar-refractivity contribution is 0.355.